The Bertz CT molecular complexity index is 520. The Morgan fingerprint density at radius 3 is 2.33 bits per heavy atom. The van der Waals surface area contributed by atoms with Crippen LogP contribution in [0, 0.1) is 17.8 Å². The predicted molar refractivity (Wildman–Crippen MR) is 88.5 cm³/mol. The molecule has 0 saturated heterocycles. The molecule has 2 aliphatic rings. The summed E-state index contributed by atoms with van der Waals surface area (Å²) in [6.07, 6.45) is -3.59. The first-order valence-electron chi connectivity index (χ1n) is 8.05. The average Bonchev–Trinajstić information content (AvgIpc) is 3.01. The number of carbonyl (C=O) groups is 2. The molecule has 0 aromatic rings. The molecular formula is C16H22F3IO4. The number of fused-ring (bicyclic) bond motifs is 2. The van der Waals surface area contributed by atoms with Crippen LogP contribution in [0.2, 0.25) is 0 Å². The third-order valence-corrected chi connectivity index (χ3v) is 6.59. The maximum Gasteiger partial charge on any atom is 0.428 e. The molecule has 0 N–H and O–H groups in total. The summed E-state index contributed by atoms with van der Waals surface area (Å²) in [5.41, 5.74) is -2.37. The first kappa shape index (κ1) is 19.8. The van der Waals surface area contributed by atoms with Crippen LogP contribution in [0.3, 0.4) is 0 Å². The van der Waals surface area contributed by atoms with E-state index in [1.807, 2.05) is 29.5 Å². The van der Waals surface area contributed by atoms with Crippen molar-refractivity contribution in [1.29, 1.82) is 0 Å². The lowest BCUT2D eigenvalue weighted by Gasteiger charge is -2.40. The minimum atomic E-state index is -4.58. The Morgan fingerprint density at radius 1 is 1.29 bits per heavy atom. The average molecular weight is 462 g/mol. The lowest BCUT2D eigenvalue weighted by atomic mass is 9.78. The second-order valence-electron chi connectivity index (χ2n) is 7.02. The Balaban J connectivity index is 2.01. The normalized spacial score (nSPS) is 34.7. The SMILES string of the molecule is CCC(C)(I)C(=O)OCC1CC2CC1CC2(OC(C)=O)C(F)(F)F. The summed E-state index contributed by atoms with van der Waals surface area (Å²) in [6.45, 7) is 4.78. The summed E-state index contributed by atoms with van der Waals surface area (Å²) in [5.74, 6) is -2.35. The van der Waals surface area contributed by atoms with Gasteiger partial charge in [-0.25, -0.2) is 0 Å². The van der Waals surface area contributed by atoms with E-state index in [1.165, 1.54) is 0 Å². The Hall–Kier alpha value is -0.540. The van der Waals surface area contributed by atoms with Gasteiger partial charge >= 0.3 is 18.1 Å². The molecule has 0 aromatic carbocycles. The summed E-state index contributed by atoms with van der Waals surface area (Å²) >= 11 is 2.02. The lowest BCUT2D eigenvalue weighted by Crippen LogP contribution is -2.53. The highest BCUT2D eigenvalue weighted by atomic mass is 127. The van der Waals surface area contributed by atoms with Crippen LogP contribution >= 0.6 is 22.6 Å². The van der Waals surface area contributed by atoms with Gasteiger partial charge in [0.2, 0.25) is 5.60 Å². The van der Waals surface area contributed by atoms with Crippen LogP contribution in [0.4, 0.5) is 13.2 Å². The second-order valence-corrected chi connectivity index (χ2v) is 9.40. The second kappa shape index (κ2) is 6.64. The minimum Gasteiger partial charge on any atom is -0.464 e. The Morgan fingerprint density at radius 2 is 1.92 bits per heavy atom. The zero-order chi connectivity index (χ0) is 18.3. The van der Waals surface area contributed by atoms with Crippen LogP contribution in [0.15, 0.2) is 0 Å². The fourth-order valence-electron chi connectivity index (χ4n) is 3.87. The zero-order valence-electron chi connectivity index (χ0n) is 13.9. The summed E-state index contributed by atoms with van der Waals surface area (Å²) < 4.78 is 50.0. The first-order valence-corrected chi connectivity index (χ1v) is 9.13. The molecule has 4 nitrogen and oxygen atoms in total. The molecule has 5 atom stereocenters. The van der Waals surface area contributed by atoms with Gasteiger partial charge in [0.25, 0.3) is 0 Å². The van der Waals surface area contributed by atoms with E-state index in [1.54, 1.807) is 6.92 Å². The number of alkyl halides is 4. The van der Waals surface area contributed by atoms with Gasteiger partial charge in [-0.3, -0.25) is 9.59 Å². The number of ether oxygens (including phenoxy) is 2. The zero-order valence-corrected chi connectivity index (χ0v) is 16.1. The van der Waals surface area contributed by atoms with E-state index in [0.717, 1.165) is 6.92 Å². The van der Waals surface area contributed by atoms with E-state index in [0.29, 0.717) is 12.8 Å². The highest BCUT2D eigenvalue weighted by Crippen LogP contribution is 2.60. The fraction of sp³-hybridized carbons (Fsp3) is 0.875. The van der Waals surface area contributed by atoms with Crippen molar-refractivity contribution in [2.45, 2.75) is 61.7 Å². The van der Waals surface area contributed by atoms with Gasteiger partial charge in [-0.05, 0) is 44.4 Å². The summed E-state index contributed by atoms with van der Waals surface area (Å²) in [5, 5.41) is 0. The van der Waals surface area contributed by atoms with E-state index in [4.69, 9.17) is 9.47 Å². The van der Waals surface area contributed by atoms with E-state index in [9.17, 15) is 22.8 Å². The fourth-order valence-corrected chi connectivity index (χ4v) is 4.02. The number of esters is 2. The molecule has 0 spiro atoms. The van der Waals surface area contributed by atoms with Gasteiger partial charge in [0.05, 0.1) is 6.61 Å². The predicted octanol–water partition coefficient (Wildman–Crippen LogP) is 4.04. The van der Waals surface area contributed by atoms with Crippen LogP contribution in [-0.4, -0.2) is 33.7 Å². The van der Waals surface area contributed by atoms with Crippen LogP contribution < -0.4 is 0 Å². The van der Waals surface area contributed by atoms with Crippen molar-refractivity contribution in [2.75, 3.05) is 6.61 Å². The van der Waals surface area contributed by atoms with Crippen LogP contribution in [0.25, 0.3) is 0 Å². The summed E-state index contributed by atoms with van der Waals surface area (Å²) in [7, 11) is 0. The van der Waals surface area contributed by atoms with Gasteiger partial charge in [0, 0.05) is 12.8 Å². The molecule has 5 unspecified atom stereocenters. The van der Waals surface area contributed by atoms with Gasteiger partial charge in [-0.1, -0.05) is 29.5 Å². The number of hydrogen-bond acceptors (Lipinski definition) is 4. The molecule has 8 heteroatoms. The van der Waals surface area contributed by atoms with Crippen LogP contribution in [-0.2, 0) is 19.1 Å². The monoisotopic (exact) mass is 462 g/mol. The van der Waals surface area contributed by atoms with Gasteiger partial charge in [-0.2, -0.15) is 13.2 Å². The molecule has 2 fully saturated rings. The summed E-state index contributed by atoms with van der Waals surface area (Å²) in [6, 6.07) is 0. The molecule has 138 valence electrons. The van der Waals surface area contributed by atoms with E-state index in [-0.39, 0.29) is 37.3 Å². The maximum atomic E-state index is 13.5. The van der Waals surface area contributed by atoms with Crippen molar-refractivity contribution in [1.82, 2.24) is 0 Å². The van der Waals surface area contributed by atoms with Crippen molar-refractivity contribution in [3.8, 4) is 0 Å². The lowest BCUT2D eigenvalue weighted by molar-refractivity contribution is -0.287. The molecule has 0 aliphatic heterocycles. The van der Waals surface area contributed by atoms with Crippen molar-refractivity contribution in [2.24, 2.45) is 17.8 Å². The molecule has 2 bridgehead atoms. The summed E-state index contributed by atoms with van der Waals surface area (Å²) in [4.78, 5) is 23.2. The number of carbonyl (C=O) groups excluding carboxylic acids is 2. The molecule has 24 heavy (non-hydrogen) atoms. The molecular weight excluding hydrogens is 440 g/mol. The molecule has 0 aromatic heterocycles. The van der Waals surface area contributed by atoms with E-state index < -0.39 is 27.1 Å². The van der Waals surface area contributed by atoms with Gasteiger partial charge in [0.15, 0.2) is 0 Å². The van der Waals surface area contributed by atoms with Gasteiger partial charge in [-0.15, -0.1) is 0 Å². The van der Waals surface area contributed by atoms with Crippen molar-refractivity contribution in [3.63, 3.8) is 0 Å². The van der Waals surface area contributed by atoms with Crippen molar-refractivity contribution >= 4 is 34.5 Å². The smallest absolute Gasteiger partial charge is 0.428 e. The highest BCUT2D eigenvalue weighted by Gasteiger charge is 2.70. The third kappa shape index (κ3) is 3.53. The first-order chi connectivity index (χ1) is 10.9. The molecule has 2 aliphatic carbocycles. The van der Waals surface area contributed by atoms with Crippen molar-refractivity contribution in [3.05, 3.63) is 0 Å². The topological polar surface area (TPSA) is 52.6 Å². The quantitative estimate of drug-likeness (QED) is 0.352. The van der Waals surface area contributed by atoms with Gasteiger partial charge < -0.3 is 9.47 Å². The third-order valence-electron chi connectivity index (χ3n) is 5.39. The van der Waals surface area contributed by atoms with Gasteiger partial charge in [0.1, 0.15) is 3.42 Å². The standard InChI is InChI=1S/C16H22F3IO4/c1-4-14(3,20)13(22)23-8-11-6-12-5-10(11)7-15(12,16(17,18)19)24-9(2)21/h10-12H,4-8H2,1-3H3. The number of rotatable bonds is 5. The largest absolute Gasteiger partial charge is 0.464 e. The Labute approximate surface area is 153 Å². The molecule has 0 heterocycles. The Kier molecular flexibility index (Phi) is 5.47. The molecule has 2 rings (SSSR count). The number of halogens is 4. The van der Waals surface area contributed by atoms with E-state index >= 15 is 0 Å². The van der Waals surface area contributed by atoms with Crippen LogP contribution in [0.5, 0.6) is 0 Å². The number of hydrogen-bond donors (Lipinski definition) is 0. The maximum absolute atomic E-state index is 13.5. The van der Waals surface area contributed by atoms with Crippen molar-refractivity contribution < 1.29 is 32.2 Å². The van der Waals surface area contributed by atoms with Crippen LogP contribution in [0.1, 0.15) is 46.5 Å². The molecule has 2 saturated carbocycles. The van der Waals surface area contributed by atoms with E-state index in [2.05, 4.69) is 0 Å². The molecule has 0 amide bonds. The minimum absolute atomic E-state index is 0.103. The highest BCUT2D eigenvalue weighted by molar-refractivity contribution is 14.1. The molecule has 0 radical (unpaired) electrons.